The number of aliphatic hydroxyl groups excluding tert-OH is 1. The molecule has 0 unspecified atom stereocenters. The highest BCUT2D eigenvalue weighted by Crippen LogP contribution is 2.27. The van der Waals surface area contributed by atoms with Gasteiger partial charge in [-0.15, -0.1) is 0 Å². The van der Waals surface area contributed by atoms with Crippen LogP contribution in [0.25, 0.3) is 0 Å². The normalized spacial score (nSPS) is 8.73. The number of nitro benzene ring substituents is 1. The molecular formula is C25H19N5O7. The Balaban J connectivity index is 0.000000279. The van der Waals surface area contributed by atoms with Gasteiger partial charge in [0.15, 0.2) is 0 Å². The van der Waals surface area contributed by atoms with Crippen LogP contribution in [-0.2, 0) is 25.8 Å². The fourth-order valence-corrected chi connectivity index (χ4v) is 2.66. The molecule has 0 amide bonds. The molecule has 0 fully saturated rings. The van der Waals surface area contributed by atoms with E-state index in [0.717, 1.165) is 5.56 Å². The topological polar surface area (TPSA) is 181 Å². The van der Waals surface area contributed by atoms with Gasteiger partial charge in [-0.3, -0.25) is 10.1 Å². The number of nitro groups is 1. The number of aryl methyl sites for hydroxylation is 1. The number of hydrogen-bond donors (Lipinski definition) is 1. The van der Waals surface area contributed by atoms with Gasteiger partial charge in [-0.05, 0) is 49.7 Å². The van der Waals surface area contributed by atoms with Crippen LogP contribution >= 0.6 is 0 Å². The van der Waals surface area contributed by atoms with Gasteiger partial charge >= 0.3 is 0 Å². The van der Waals surface area contributed by atoms with Crippen molar-refractivity contribution in [1.82, 2.24) is 0 Å². The maximum atomic E-state index is 10.3. The second-order valence-corrected chi connectivity index (χ2v) is 6.75. The van der Waals surface area contributed by atoms with E-state index >= 15 is 0 Å². The Bertz CT molecular complexity index is 1390. The van der Waals surface area contributed by atoms with E-state index in [0.29, 0.717) is 33.9 Å². The summed E-state index contributed by atoms with van der Waals surface area (Å²) in [4.78, 5) is 63.4. The fraction of sp³-hybridized carbons (Fsp3) is 0.120. The molecule has 12 nitrogen and oxygen atoms in total. The van der Waals surface area contributed by atoms with Gasteiger partial charge in [0.25, 0.3) is 5.69 Å². The molecule has 0 bridgehead atoms. The third kappa shape index (κ3) is 9.74. The predicted octanol–water partition coefficient (Wildman–Crippen LogP) is 4.95. The summed E-state index contributed by atoms with van der Waals surface area (Å²) in [7, 11) is 0. The third-order valence-corrected chi connectivity index (χ3v) is 4.50. The first kappa shape index (κ1) is 29.6. The van der Waals surface area contributed by atoms with Gasteiger partial charge in [0.1, 0.15) is 0 Å². The molecule has 0 aliphatic rings. The summed E-state index contributed by atoms with van der Waals surface area (Å²) in [5, 5.41) is 18.9. The zero-order valence-corrected chi connectivity index (χ0v) is 19.6. The molecule has 37 heavy (non-hydrogen) atoms. The van der Waals surface area contributed by atoms with E-state index in [-0.39, 0.29) is 12.3 Å². The van der Waals surface area contributed by atoms with Gasteiger partial charge in [0.2, 0.25) is 24.3 Å². The van der Waals surface area contributed by atoms with Crippen LogP contribution in [0.1, 0.15) is 16.7 Å². The molecule has 0 aromatic heterocycles. The number of benzene rings is 3. The van der Waals surface area contributed by atoms with Gasteiger partial charge < -0.3 is 5.11 Å². The van der Waals surface area contributed by atoms with E-state index in [9.17, 15) is 29.3 Å². The smallest absolute Gasteiger partial charge is 0.274 e. The molecule has 0 radical (unpaired) electrons. The Labute approximate surface area is 210 Å². The molecule has 0 heterocycles. The van der Waals surface area contributed by atoms with Crippen LogP contribution in [0.2, 0.25) is 0 Å². The van der Waals surface area contributed by atoms with Crippen molar-refractivity contribution in [2.75, 3.05) is 0 Å². The Hall–Kier alpha value is -5.46. The Kier molecular flexibility index (Phi) is 13.0. The van der Waals surface area contributed by atoms with Gasteiger partial charge in [0.05, 0.1) is 39.8 Å². The maximum Gasteiger partial charge on any atom is 0.274 e. The summed E-state index contributed by atoms with van der Waals surface area (Å²) in [5.41, 5.74) is 3.62. The summed E-state index contributed by atoms with van der Waals surface area (Å²) in [6, 6.07) is 15.9. The molecule has 3 rings (SSSR count). The first-order chi connectivity index (χ1) is 17.8. The highest BCUT2D eigenvalue weighted by molar-refractivity contribution is 5.65. The summed E-state index contributed by atoms with van der Waals surface area (Å²) in [6.45, 7) is 3.22. The fourth-order valence-electron chi connectivity index (χ4n) is 2.66. The minimum atomic E-state index is -0.508. The van der Waals surface area contributed by atoms with E-state index in [4.69, 9.17) is 5.11 Å². The number of aliphatic imine (C=N–C) groups is 4. The van der Waals surface area contributed by atoms with Crippen LogP contribution in [0.15, 0.2) is 80.6 Å². The van der Waals surface area contributed by atoms with Crippen molar-refractivity contribution in [3.8, 4) is 0 Å². The lowest BCUT2D eigenvalue weighted by atomic mass is 10.1. The highest BCUT2D eigenvalue weighted by Gasteiger charge is 2.09. The lowest BCUT2D eigenvalue weighted by Gasteiger charge is -1.99. The second kappa shape index (κ2) is 16.2. The van der Waals surface area contributed by atoms with Crippen molar-refractivity contribution < 1.29 is 29.2 Å². The monoisotopic (exact) mass is 501 g/mol. The van der Waals surface area contributed by atoms with Crippen LogP contribution in [0.4, 0.5) is 28.4 Å². The van der Waals surface area contributed by atoms with Crippen LogP contribution in [0.3, 0.4) is 0 Å². The SMILES string of the molecule is Cc1c(N=C=O)cccc1N=C=O.Cc1ccc(N=C=O)cc1N=C=O.O=[N+]([O-])c1ccccc1CO. The molecule has 0 spiro atoms. The number of hydrogen-bond acceptors (Lipinski definition) is 11. The number of nitrogens with zero attached hydrogens (tertiary/aromatic N) is 5. The van der Waals surface area contributed by atoms with E-state index in [1.54, 1.807) is 56.3 Å². The number of rotatable bonds is 6. The summed E-state index contributed by atoms with van der Waals surface area (Å²) in [6.07, 6.45) is 5.69. The van der Waals surface area contributed by atoms with Crippen LogP contribution in [0.5, 0.6) is 0 Å². The number of aliphatic hydroxyl groups is 1. The number of carbonyl (C=O) groups excluding carboxylic acids is 4. The largest absolute Gasteiger partial charge is 0.391 e. The number of isocyanates is 4. The van der Waals surface area contributed by atoms with Crippen molar-refractivity contribution >= 4 is 52.8 Å². The lowest BCUT2D eigenvalue weighted by Crippen LogP contribution is -1.93. The minimum Gasteiger partial charge on any atom is -0.391 e. The average Bonchev–Trinajstić information content (AvgIpc) is 2.89. The zero-order valence-electron chi connectivity index (χ0n) is 19.6. The Morgan fingerprint density at radius 3 is 1.78 bits per heavy atom. The quantitative estimate of drug-likeness (QED) is 0.214. The van der Waals surface area contributed by atoms with E-state index in [1.807, 2.05) is 0 Å². The van der Waals surface area contributed by atoms with Gasteiger partial charge in [-0.1, -0.05) is 24.3 Å². The standard InChI is InChI=1S/2C9H6N2O2.C7H7NO3/c1-7-2-3-8(10-5-12)4-9(7)11-6-13;1-7-8(10-5-12)3-2-4-9(7)11-6-13;9-5-6-3-1-2-4-7(6)8(10)11/h2*2-4H,1H3;1-4,9H,5H2. The molecule has 0 aliphatic carbocycles. The Morgan fingerprint density at radius 1 is 0.757 bits per heavy atom. The third-order valence-electron chi connectivity index (χ3n) is 4.50. The minimum absolute atomic E-state index is 0.0324. The summed E-state index contributed by atoms with van der Waals surface area (Å²) >= 11 is 0. The van der Waals surface area contributed by atoms with Gasteiger partial charge in [-0.2, -0.15) is 20.0 Å². The van der Waals surface area contributed by atoms with Crippen molar-refractivity contribution in [2.24, 2.45) is 20.0 Å². The first-order valence-corrected chi connectivity index (χ1v) is 10.2. The van der Waals surface area contributed by atoms with Crippen molar-refractivity contribution in [2.45, 2.75) is 20.5 Å². The molecular weight excluding hydrogens is 482 g/mol. The molecule has 0 saturated carbocycles. The molecule has 3 aromatic rings. The summed E-state index contributed by atoms with van der Waals surface area (Å²) < 4.78 is 0. The van der Waals surface area contributed by atoms with Crippen molar-refractivity contribution in [3.05, 3.63) is 87.5 Å². The molecule has 0 atom stereocenters. The molecule has 3 aromatic carbocycles. The highest BCUT2D eigenvalue weighted by atomic mass is 16.6. The predicted molar refractivity (Wildman–Crippen MR) is 133 cm³/mol. The Morgan fingerprint density at radius 2 is 1.30 bits per heavy atom. The van der Waals surface area contributed by atoms with E-state index in [1.165, 1.54) is 42.5 Å². The molecule has 0 saturated heterocycles. The molecule has 186 valence electrons. The zero-order chi connectivity index (χ0) is 27.6. The maximum absolute atomic E-state index is 10.3. The average molecular weight is 501 g/mol. The lowest BCUT2D eigenvalue weighted by molar-refractivity contribution is -0.385. The van der Waals surface area contributed by atoms with Crippen molar-refractivity contribution in [3.63, 3.8) is 0 Å². The number of para-hydroxylation sites is 1. The van der Waals surface area contributed by atoms with Crippen LogP contribution in [0, 0.1) is 24.0 Å². The van der Waals surface area contributed by atoms with Crippen molar-refractivity contribution in [1.29, 1.82) is 0 Å². The van der Waals surface area contributed by atoms with Gasteiger partial charge in [0, 0.05) is 11.6 Å². The van der Waals surface area contributed by atoms with Crippen LogP contribution in [-0.4, -0.2) is 34.3 Å². The van der Waals surface area contributed by atoms with Crippen LogP contribution < -0.4 is 0 Å². The van der Waals surface area contributed by atoms with E-state index < -0.39 is 4.92 Å². The molecule has 0 aliphatic heterocycles. The molecule has 1 N–H and O–H groups in total. The first-order valence-electron chi connectivity index (χ1n) is 10.2. The van der Waals surface area contributed by atoms with E-state index in [2.05, 4.69) is 20.0 Å². The van der Waals surface area contributed by atoms with Gasteiger partial charge in [-0.25, -0.2) is 19.2 Å². The summed E-state index contributed by atoms with van der Waals surface area (Å²) in [5.74, 6) is 0. The molecule has 12 heteroatoms. The second-order valence-electron chi connectivity index (χ2n) is 6.75.